The van der Waals surface area contributed by atoms with Crippen molar-refractivity contribution in [1.29, 1.82) is 0 Å². The van der Waals surface area contributed by atoms with E-state index in [0.717, 1.165) is 17.5 Å². The lowest BCUT2D eigenvalue weighted by Crippen LogP contribution is -1.99. The second-order valence-electron chi connectivity index (χ2n) is 6.30. The summed E-state index contributed by atoms with van der Waals surface area (Å²) in [6.07, 6.45) is 5.33. The Morgan fingerprint density at radius 3 is 2.42 bits per heavy atom. The Labute approximate surface area is 156 Å². The molecule has 0 amide bonds. The lowest BCUT2D eigenvalue weighted by molar-refractivity contribution is 1.07. The van der Waals surface area contributed by atoms with Crippen molar-refractivity contribution in [2.24, 2.45) is 0 Å². The molecule has 1 aromatic heterocycles. The topological polar surface area (TPSA) is 38.7 Å². The molecule has 4 heteroatoms. The lowest BCUT2D eigenvalue weighted by atomic mass is 9.91. The minimum absolute atomic E-state index is 0.201. The highest BCUT2D eigenvalue weighted by atomic mass is 35.5. The predicted molar refractivity (Wildman–Crippen MR) is 106 cm³/mol. The first-order valence-electron chi connectivity index (χ1n) is 8.47. The molecule has 5 rings (SSSR count). The van der Waals surface area contributed by atoms with Crippen LogP contribution in [-0.2, 0) is 6.42 Å². The molecule has 0 N–H and O–H groups in total. The van der Waals surface area contributed by atoms with Crippen LogP contribution < -0.4 is 0 Å². The summed E-state index contributed by atoms with van der Waals surface area (Å²) in [5, 5.41) is 2.70. The molecule has 0 aliphatic heterocycles. The average Bonchev–Trinajstić information content (AvgIpc) is 2.68. The third kappa shape index (κ3) is 2.57. The fourth-order valence-electron chi connectivity index (χ4n) is 3.48. The Kier molecular flexibility index (Phi) is 3.54. The van der Waals surface area contributed by atoms with E-state index in [-0.39, 0.29) is 5.28 Å². The second-order valence-corrected chi connectivity index (χ2v) is 6.64. The maximum atomic E-state index is 6.20. The molecule has 3 aromatic carbocycles. The summed E-state index contributed by atoms with van der Waals surface area (Å²) in [6.45, 7) is 0. The van der Waals surface area contributed by atoms with Crippen LogP contribution in [0.2, 0.25) is 5.28 Å². The summed E-state index contributed by atoms with van der Waals surface area (Å²) < 4.78 is 0. The van der Waals surface area contributed by atoms with Gasteiger partial charge in [-0.3, -0.25) is 0 Å². The molecular weight excluding hydrogens is 342 g/mol. The summed E-state index contributed by atoms with van der Waals surface area (Å²) in [5.74, 6) is 1.17. The van der Waals surface area contributed by atoms with Gasteiger partial charge in [-0.15, -0.1) is 0 Å². The van der Waals surface area contributed by atoms with Gasteiger partial charge in [0.2, 0.25) is 5.28 Å². The number of hydrogen-bond donors (Lipinski definition) is 0. The summed E-state index contributed by atoms with van der Waals surface area (Å²) in [5.41, 5.74) is 4.40. The number of aromatic nitrogens is 3. The molecule has 0 saturated carbocycles. The summed E-state index contributed by atoms with van der Waals surface area (Å²) in [6, 6.07) is 20.5. The molecule has 0 spiro atoms. The third-order valence-electron chi connectivity index (χ3n) is 4.63. The Bertz CT molecular complexity index is 1170. The molecule has 1 aliphatic rings. The van der Waals surface area contributed by atoms with Crippen molar-refractivity contribution in [3.63, 3.8) is 0 Å². The van der Waals surface area contributed by atoms with Crippen LogP contribution in [-0.4, -0.2) is 15.0 Å². The highest BCUT2D eigenvalue weighted by Gasteiger charge is 2.14. The van der Waals surface area contributed by atoms with E-state index < -0.39 is 0 Å². The Morgan fingerprint density at radius 1 is 0.769 bits per heavy atom. The van der Waals surface area contributed by atoms with Gasteiger partial charge in [-0.2, -0.15) is 9.97 Å². The van der Waals surface area contributed by atoms with E-state index >= 15 is 0 Å². The highest BCUT2D eigenvalue weighted by Crippen LogP contribution is 2.33. The molecule has 0 radical (unpaired) electrons. The molecule has 0 atom stereocenters. The van der Waals surface area contributed by atoms with E-state index in [1.165, 1.54) is 21.9 Å². The molecular formula is C22H14ClN3. The lowest BCUT2D eigenvalue weighted by Gasteiger charge is -2.14. The first kappa shape index (κ1) is 15.2. The smallest absolute Gasteiger partial charge is 0.208 e. The molecule has 3 nitrogen and oxygen atoms in total. The molecule has 1 aliphatic carbocycles. The summed E-state index contributed by atoms with van der Waals surface area (Å²) >= 11 is 6.20. The van der Waals surface area contributed by atoms with Crippen molar-refractivity contribution >= 4 is 28.4 Å². The van der Waals surface area contributed by atoms with Gasteiger partial charge in [0.15, 0.2) is 11.6 Å². The van der Waals surface area contributed by atoms with E-state index in [4.69, 9.17) is 11.6 Å². The fourth-order valence-corrected chi connectivity index (χ4v) is 3.64. The van der Waals surface area contributed by atoms with Gasteiger partial charge in [-0.05, 0) is 52.1 Å². The van der Waals surface area contributed by atoms with Gasteiger partial charge in [-0.1, -0.05) is 60.7 Å². The van der Waals surface area contributed by atoms with Gasteiger partial charge in [0, 0.05) is 11.1 Å². The monoisotopic (exact) mass is 355 g/mol. The fraction of sp³-hybridized carbons (Fsp3) is 0.0455. The molecule has 0 fully saturated rings. The zero-order valence-corrected chi connectivity index (χ0v) is 14.6. The molecule has 0 saturated heterocycles. The van der Waals surface area contributed by atoms with Crippen molar-refractivity contribution in [3.05, 3.63) is 83.2 Å². The van der Waals surface area contributed by atoms with Crippen molar-refractivity contribution in [2.75, 3.05) is 0 Å². The van der Waals surface area contributed by atoms with Crippen molar-refractivity contribution < 1.29 is 0 Å². The van der Waals surface area contributed by atoms with Crippen LogP contribution in [0.15, 0.2) is 66.7 Å². The first-order valence-corrected chi connectivity index (χ1v) is 8.85. The van der Waals surface area contributed by atoms with Crippen molar-refractivity contribution in [2.45, 2.75) is 6.42 Å². The number of rotatable bonds is 2. The molecule has 0 unspecified atom stereocenters. The first-order chi connectivity index (χ1) is 12.8. The normalized spacial score (nSPS) is 12.5. The molecule has 4 aromatic rings. The maximum Gasteiger partial charge on any atom is 0.226 e. The average molecular weight is 356 g/mol. The van der Waals surface area contributed by atoms with Crippen LogP contribution in [0.5, 0.6) is 0 Å². The number of nitrogens with zero attached hydrogens (tertiary/aromatic N) is 3. The van der Waals surface area contributed by atoms with Crippen LogP contribution in [0.3, 0.4) is 0 Å². The Morgan fingerprint density at radius 2 is 1.58 bits per heavy atom. The minimum Gasteiger partial charge on any atom is -0.208 e. The molecule has 26 heavy (non-hydrogen) atoms. The zero-order chi connectivity index (χ0) is 17.5. The van der Waals surface area contributed by atoms with Crippen LogP contribution in [0.1, 0.15) is 11.1 Å². The summed E-state index contributed by atoms with van der Waals surface area (Å²) in [7, 11) is 0. The number of halogens is 1. The number of hydrogen-bond acceptors (Lipinski definition) is 3. The third-order valence-corrected chi connectivity index (χ3v) is 4.80. The molecule has 1 heterocycles. The Balaban J connectivity index is 1.72. The summed E-state index contributed by atoms with van der Waals surface area (Å²) in [4.78, 5) is 13.3. The van der Waals surface area contributed by atoms with Gasteiger partial charge in [0.1, 0.15) is 0 Å². The molecule has 124 valence electrons. The molecule has 0 bridgehead atoms. The van der Waals surface area contributed by atoms with Crippen molar-refractivity contribution in [1.82, 2.24) is 15.0 Å². The quantitative estimate of drug-likeness (QED) is 0.471. The van der Waals surface area contributed by atoms with Crippen LogP contribution in [0.25, 0.3) is 39.6 Å². The largest absolute Gasteiger partial charge is 0.226 e. The van der Waals surface area contributed by atoms with Gasteiger partial charge >= 0.3 is 0 Å². The zero-order valence-electron chi connectivity index (χ0n) is 13.9. The Hall–Kier alpha value is -3.04. The van der Waals surface area contributed by atoms with Gasteiger partial charge < -0.3 is 0 Å². The van der Waals surface area contributed by atoms with Gasteiger partial charge in [-0.25, -0.2) is 4.98 Å². The van der Waals surface area contributed by atoms with E-state index in [2.05, 4.69) is 57.4 Å². The SMILES string of the molecule is Clc1nc(-c2ccccc2)nc(-c2cc3c4c(cccc4c2)CC=C3)n1. The minimum atomic E-state index is 0.201. The van der Waals surface area contributed by atoms with Crippen LogP contribution in [0.4, 0.5) is 0 Å². The van der Waals surface area contributed by atoms with Crippen molar-refractivity contribution in [3.8, 4) is 22.8 Å². The number of allylic oxidation sites excluding steroid dienone is 1. The highest BCUT2D eigenvalue weighted by molar-refractivity contribution is 6.28. The predicted octanol–water partition coefficient (Wildman–Crippen LogP) is 5.58. The van der Waals surface area contributed by atoms with Crippen LogP contribution >= 0.6 is 11.6 Å². The van der Waals surface area contributed by atoms with E-state index in [1.54, 1.807) is 0 Å². The second kappa shape index (κ2) is 6.04. The van der Waals surface area contributed by atoms with Gasteiger partial charge in [0.05, 0.1) is 0 Å². The van der Waals surface area contributed by atoms with Gasteiger partial charge in [0.25, 0.3) is 0 Å². The number of benzene rings is 3. The van der Waals surface area contributed by atoms with E-state index in [9.17, 15) is 0 Å². The van der Waals surface area contributed by atoms with E-state index in [1.807, 2.05) is 30.3 Å². The van der Waals surface area contributed by atoms with Crippen LogP contribution in [0, 0.1) is 0 Å². The standard InChI is InChI=1S/C22H14ClN3/c23-22-25-20(15-6-2-1-3-7-15)24-21(26-22)18-12-16-10-4-8-14-9-5-11-17(13-18)19(14)16/h1-8,10-13H,9H2. The van der Waals surface area contributed by atoms with E-state index in [0.29, 0.717) is 11.6 Å². The maximum absolute atomic E-state index is 6.20.